The maximum atomic E-state index is 10.4. The van der Waals surface area contributed by atoms with Crippen molar-refractivity contribution >= 4 is 11.4 Å². The van der Waals surface area contributed by atoms with E-state index in [4.69, 9.17) is 0 Å². The Balaban J connectivity index is 2.59. The largest absolute Gasteiger partial charge is 0.384 e. The normalized spacial score (nSPS) is 9.79. The summed E-state index contributed by atoms with van der Waals surface area (Å²) in [6, 6.07) is 6.40. The van der Waals surface area contributed by atoms with Crippen LogP contribution in [0.15, 0.2) is 24.3 Å². The van der Waals surface area contributed by atoms with Crippen molar-refractivity contribution in [2.24, 2.45) is 0 Å². The molecule has 0 aromatic heterocycles. The first-order valence-electron chi connectivity index (χ1n) is 4.22. The third-order valence-corrected chi connectivity index (χ3v) is 1.69. The Morgan fingerprint density at radius 2 is 2.21 bits per heavy atom. The minimum atomic E-state index is -0.412. The van der Waals surface area contributed by atoms with Gasteiger partial charge in [-0.1, -0.05) is 6.07 Å². The van der Waals surface area contributed by atoms with Crippen molar-refractivity contribution in [2.75, 3.05) is 18.4 Å². The fourth-order valence-corrected chi connectivity index (χ4v) is 1.02. The highest BCUT2D eigenvalue weighted by atomic mass is 16.6. The van der Waals surface area contributed by atoms with Crippen molar-refractivity contribution in [2.45, 2.75) is 0 Å². The van der Waals surface area contributed by atoms with Gasteiger partial charge in [-0.15, -0.1) is 0 Å². The number of nitro benzene ring substituents is 1. The van der Waals surface area contributed by atoms with Crippen LogP contribution in [-0.4, -0.2) is 18.0 Å². The number of nitro groups is 1. The van der Waals surface area contributed by atoms with Gasteiger partial charge in [-0.3, -0.25) is 10.1 Å². The topological polar surface area (TPSA) is 67.2 Å². The lowest BCUT2D eigenvalue weighted by Crippen LogP contribution is -2.16. The molecule has 0 heterocycles. The number of rotatable bonds is 5. The molecule has 0 aliphatic heterocycles. The molecule has 1 rings (SSSR count). The van der Waals surface area contributed by atoms with Crippen LogP contribution < -0.4 is 10.6 Å². The van der Waals surface area contributed by atoms with E-state index in [1.807, 2.05) is 0 Å². The van der Waals surface area contributed by atoms with Crippen LogP contribution in [0.1, 0.15) is 0 Å². The summed E-state index contributed by atoms with van der Waals surface area (Å²) in [5.74, 6) is 0. The number of hydrogen-bond donors (Lipinski definition) is 2. The molecular weight excluding hydrogens is 182 g/mol. The molecule has 0 amide bonds. The summed E-state index contributed by atoms with van der Waals surface area (Å²) in [5, 5.41) is 16.2. The third kappa shape index (κ3) is 3.02. The molecule has 0 unspecified atom stereocenters. The molecule has 5 nitrogen and oxygen atoms in total. The molecule has 0 aliphatic carbocycles. The quantitative estimate of drug-likeness (QED) is 0.422. The second-order valence-corrected chi connectivity index (χ2v) is 2.73. The van der Waals surface area contributed by atoms with E-state index in [9.17, 15) is 10.1 Å². The molecule has 0 saturated carbocycles. The number of benzene rings is 1. The number of non-ortho nitro benzene ring substituents is 1. The van der Waals surface area contributed by atoms with Gasteiger partial charge < -0.3 is 10.6 Å². The van der Waals surface area contributed by atoms with Crippen molar-refractivity contribution in [3.63, 3.8) is 0 Å². The molecule has 1 aromatic carbocycles. The molecule has 14 heavy (non-hydrogen) atoms. The third-order valence-electron chi connectivity index (χ3n) is 1.69. The maximum absolute atomic E-state index is 10.4. The van der Waals surface area contributed by atoms with Crippen LogP contribution in [0.5, 0.6) is 0 Å². The van der Waals surface area contributed by atoms with Gasteiger partial charge in [0.15, 0.2) is 0 Å². The summed E-state index contributed by atoms with van der Waals surface area (Å²) in [6.45, 7) is 1.40. The summed E-state index contributed by atoms with van der Waals surface area (Å²) in [6.07, 6.45) is 0. The Kier molecular flexibility index (Phi) is 3.87. The van der Waals surface area contributed by atoms with E-state index in [2.05, 4.69) is 17.7 Å². The Hall–Kier alpha value is -1.62. The van der Waals surface area contributed by atoms with Crippen LogP contribution >= 0.6 is 0 Å². The van der Waals surface area contributed by atoms with E-state index in [0.29, 0.717) is 13.1 Å². The Labute approximate surface area is 82.3 Å². The van der Waals surface area contributed by atoms with Crippen LogP contribution in [0.2, 0.25) is 0 Å². The molecule has 1 radical (unpaired) electrons. The van der Waals surface area contributed by atoms with Crippen molar-refractivity contribution in [1.29, 1.82) is 0 Å². The highest BCUT2D eigenvalue weighted by Crippen LogP contribution is 2.16. The van der Waals surface area contributed by atoms with Crippen LogP contribution in [-0.2, 0) is 0 Å². The molecule has 0 aliphatic rings. The molecule has 1 aromatic rings. The van der Waals surface area contributed by atoms with Gasteiger partial charge in [-0.2, -0.15) is 0 Å². The number of nitrogens with zero attached hydrogens (tertiary/aromatic N) is 1. The smallest absolute Gasteiger partial charge is 0.271 e. The Bertz CT molecular complexity index is 315. The van der Waals surface area contributed by atoms with Crippen molar-refractivity contribution in [1.82, 2.24) is 5.32 Å². The summed E-state index contributed by atoms with van der Waals surface area (Å²) < 4.78 is 0. The summed E-state index contributed by atoms with van der Waals surface area (Å²) in [5.41, 5.74) is 0.840. The van der Waals surface area contributed by atoms with Gasteiger partial charge in [0, 0.05) is 38.0 Å². The van der Waals surface area contributed by atoms with E-state index in [0.717, 1.165) is 5.69 Å². The standard InChI is InChI=1S/C9H12N3O2/c1-10-5-6-11-8-3-2-4-9(7-8)12(13)14/h2-4,7,10-11H,1,5-6H2. The Morgan fingerprint density at radius 1 is 1.43 bits per heavy atom. The first-order chi connectivity index (χ1) is 6.74. The number of anilines is 1. The van der Waals surface area contributed by atoms with Crippen LogP contribution in [0.25, 0.3) is 0 Å². The van der Waals surface area contributed by atoms with Crippen LogP contribution in [0, 0.1) is 17.2 Å². The zero-order valence-corrected chi connectivity index (χ0v) is 7.69. The molecule has 2 N–H and O–H groups in total. The van der Waals surface area contributed by atoms with Crippen molar-refractivity contribution in [3.8, 4) is 0 Å². The minimum Gasteiger partial charge on any atom is -0.384 e. The summed E-state index contributed by atoms with van der Waals surface area (Å²) in [4.78, 5) is 10.0. The van der Waals surface area contributed by atoms with Gasteiger partial charge in [0.05, 0.1) is 4.92 Å². The Morgan fingerprint density at radius 3 is 2.86 bits per heavy atom. The predicted molar refractivity (Wildman–Crippen MR) is 54.9 cm³/mol. The van der Waals surface area contributed by atoms with E-state index in [-0.39, 0.29) is 5.69 Å². The van der Waals surface area contributed by atoms with Gasteiger partial charge in [0.2, 0.25) is 0 Å². The molecular formula is C9H12N3O2. The zero-order chi connectivity index (χ0) is 10.4. The first kappa shape index (κ1) is 10.5. The molecule has 0 bridgehead atoms. The van der Waals surface area contributed by atoms with Crippen LogP contribution in [0.4, 0.5) is 11.4 Å². The maximum Gasteiger partial charge on any atom is 0.271 e. The number of hydrogen-bond acceptors (Lipinski definition) is 4. The average Bonchev–Trinajstić information content (AvgIpc) is 2.19. The van der Waals surface area contributed by atoms with Crippen LogP contribution in [0.3, 0.4) is 0 Å². The highest BCUT2D eigenvalue weighted by molar-refractivity contribution is 5.50. The van der Waals surface area contributed by atoms with Gasteiger partial charge in [-0.25, -0.2) is 0 Å². The van der Waals surface area contributed by atoms with E-state index < -0.39 is 4.92 Å². The fraction of sp³-hybridized carbons (Fsp3) is 0.222. The zero-order valence-electron chi connectivity index (χ0n) is 7.69. The average molecular weight is 194 g/mol. The molecule has 0 spiro atoms. The van der Waals surface area contributed by atoms with Crippen molar-refractivity contribution in [3.05, 3.63) is 41.4 Å². The predicted octanol–water partition coefficient (Wildman–Crippen LogP) is 1.39. The fourth-order valence-electron chi connectivity index (χ4n) is 1.02. The molecule has 75 valence electrons. The lowest BCUT2D eigenvalue weighted by Gasteiger charge is -2.04. The first-order valence-corrected chi connectivity index (χ1v) is 4.22. The summed E-state index contributed by atoms with van der Waals surface area (Å²) in [7, 11) is 3.46. The SMILES string of the molecule is [CH2]NCCNc1cccc([N+](=O)[O-])c1. The monoisotopic (exact) mass is 194 g/mol. The molecule has 5 heteroatoms. The lowest BCUT2D eigenvalue weighted by atomic mass is 10.3. The molecule has 0 fully saturated rings. The minimum absolute atomic E-state index is 0.0950. The van der Waals surface area contributed by atoms with E-state index >= 15 is 0 Å². The van der Waals surface area contributed by atoms with E-state index in [1.54, 1.807) is 12.1 Å². The van der Waals surface area contributed by atoms with E-state index in [1.165, 1.54) is 12.1 Å². The van der Waals surface area contributed by atoms with Crippen molar-refractivity contribution < 1.29 is 4.92 Å². The van der Waals surface area contributed by atoms with Gasteiger partial charge in [0.25, 0.3) is 5.69 Å². The highest BCUT2D eigenvalue weighted by Gasteiger charge is 2.04. The second kappa shape index (κ2) is 5.18. The van der Waals surface area contributed by atoms with Gasteiger partial charge in [0.1, 0.15) is 0 Å². The molecule has 0 atom stereocenters. The lowest BCUT2D eigenvalue weighted by molar-refractivity contribution is -0.384. The second-order valence-electron chi connectivity index (χ2n) is 2.73. The van der Waals surface area contributed by atoms with Gasteiger partial charge in [-0.05, 0) is 6.07 Å². The number of nitrogens with one attached hydrogen (secondary N) is 2. The van der Waals surface area contributed by atoms with Gasteiger partial charge >= 0.3 is 0 Å². The molecule has 0 saturated heterocycles. The summed E-state index contributed by atoms with van der Waals surface area (Å²) >= 11 is 0.